The molecule has 0 fully saturated rings. The van der Waals surface area contributed by atoms with Gasteiger partial charge in [0.15, 0.2) is 0 Å². The standard InChI is InChI=1S/C13H18F3N3O4/c1-5-22-10(20)8-6-17-19(7-13(14,15)16)9(8)18-11(21)23-12(2,3)4/h6H,5,7H2,1-4H3,(H,18,21). The number of esters is 1. The van der Waals surface area contributed by atoms with Gasteiger partial charge in [0.1, 0.15) is 23.5 Å². The summed E-state index contributed by atoms with van der Waals surface area (Å²) in [5, 5.41) is 5.60. The minimum Gasteiger partial charge on any atom is -0.462 e. The van der Waals surface area contributed by atoms with Crippen LogP contribution in [0.3, 0.4) is 0 Å². The number of rotatable bonds is 4. The summed E-state index contributed by atoms with van der Waals surface area (Å²) in [4.78, 5) is 23.5. The zero-order chi connectivity index (χ0) is 17.8. The molecule has 1 rings (SSSR count). The SMILES string of the molecule is CCOC(=O)c1cnn(CC(F)(F)F)c1NC(=O)OC(C)(C)C. The quantitative estimate of drug-likeness (QED) is 0.854. The first-order chi connectivity index (χ1) is 10.4. The van der Waals surface area contributed by atoms with Gasteiger partial charge in [-0.1, -0.05) is 0 Å². The summed E-state index contributed by atoms with van der Waals surface area (Å²) < 4.78 is 47.9. The topological polar surface area (TPSA) is 82.5 Å². The predicted octanol–water partition coefficient (Wildman–Crippen LogP) is 2.97. The number of nitrogens with zero attached hydrogens (tertiary/aromatic N) is 2. The number of amides is 1. The summed E-state index contributed by atoms with van der Waals surface area (Å²) in [5.41, 5.74) is -1.15. The van der Waals surface area contributed by atoms with Crippen molar-refractivity contribution in [1.82, 2.24) is 9.78 Å². The highest BCUT2D eigenvalue weighted by molar-refractivity contribution is 5.98. The molecule has 0 saturated carbocycles. The van der Waals surface area contributed by atoms with Crippen molar-refractivity contribution in [3.8, 4) is 0 Å². The Morgan fingerprint density at radius 3 is 2.39 bits per heavy atom. The molecule has 23 heavy (non-hydrogen) atoms. The van der Waals surface area contributed by atoms with Gasteiger partial charge < -0.3 is 9.47 Å². The highest BCUT2D eigenvalue weighted by Crippen LogP contribution is 2.24. The van der Waals surface area contributed by atoms with Crippen molar-refractivity contribution >= 4 is 17.9 Å². The van der Waals surface area contributed by atoms with Crippen LogP contribution in [0.5, 0.6) is 0 Å². The summed E-state index contributed by atoms with van der Waals surface area (Å²) in [6.45, 7) is 4.86. The Hall–Kier alpha value is -2.26. The Balaban J connectivity index is 3.10. The number of hydrogen-bond donors (Lipinski definition) is 1. The number of alkyl halides is 3. The lowest BCUT2D eigenvalue weighted by molar-refractivity contribution is -0.142. The van der Waals surface area contributed by atoms with E-state index in [9.17, 15) is 22.8 Å². The van der Waals surface area contributed by atoms with E-state index in [0.29, 0.717) is 4.68 Å². The summed E-state index contributed by atoms with van der Waals surface area (Å²) in [6.07, 6.45) is -4.69. The minimum atomic E-state index is -4.58. The third-order valence-electron chi connectivity index (χ3n) is 2.28. The molecule has 7 nitrogen and oxygen atoms in total. The lowest BCUT2D eigenvalue weighted by Crippen LogP contribution is -2.29. The van der Waals surface area contributed by atoms with Gasteiger partial charge in [-0.25, -0.2) is 14.3 Å². The highest BCUT2D eigenvalue weighted by Gasteiger charge is 2.32. The molecule has 0 atom stereocenters. The molecular formula is C13H18F3N3O4. The summed E-state index contributed by atoms with van der Waals surface area (Å²) >= 11 is 0. The number of nitrogens with one attached hydrogen (secondary N) is 1. The molecule has 1 aromatic rings. The van der Waals surface area contributed by atoms with Crippen molar-refractivity contribution in [2.24, 2.45) is 0 Å². The van der Waals surface area contributed by atoms with E-state index in [2.05, 4.69) is 10.4 Å². The molecule has 0 unspecified atom stereocenters. The molecule has 0 aliphatic carbocycles. The van der Waals surface area contributed by atoms with Crippen LogP contribution in [0.4, 0.5) is 23.8 Å². The molecule has 0 bridgehead atoms. The Morgan fingerprint density at radius 1 is 1.30 bits per heavy atom. The Kier molecular flexibility index (Phi) is 5.62. The number of ether oxygens (including phenoxy) is 2. The second-order valence-corrected chi connectivity index (χ2v) is 5.53. The normalized spacial score (nSPS) is 12.0. The molecule has 1 heterocycles. The molecule has 0 spiro atoms. The molecule has 1 amide bonds. The zero-order valence-electron chi connectivity index (χ0n) is 13.2. The van der Waals surface area contributed by atoms with Gasteiger partial charge in [0, 0.05) is 0 Å². The molecule has 0 aliphatic heterocycles. The lowest BCUT2D eigenvalue weighted by atomic mass is 10.2. The third-order valence-corrected chi connectivity index (χ3v) is 2.28. The van der Waals surface area contributed by atoms with E-state index in [1.807, 2.05) is 0 Å². The van der Waals surface area contributed by atoms with Crippen molar-refractivity contribution in [2.75, 3.05) is 11.9 Å². The van der Waals surface area contributed by atoms with Gasteiger partial charge in [-0.3, -0.25) is 5.32 Å². The fraction of sp³-hybridized carbons (Fsp3) is 0.615. The fourth-order valence-corrected chi connectivity index (χ4v) is 1.57. The van der Waals surface area contributed by atoms with Crippen molar-refractivity contribution < 1.29 is 32.2 Å². The van der Waals surface area contributed by atoms with Gasteiger partial charge in [-0.05, 0) is 27.7 Å². The fourth-order valence-electron chi connectivity index (χ4n) is 1.57. The van der Waals surface area contributed by atoms with E-state index < -0.39 is 36.2 Å². The number of halogens is 3. The second kappa shape index (κ2) is 6.88. The van der Waals surface area contributed by atoms with Crippen molar-refractivity contribution in [3.63, 3.8) is 0 Å². The first kappa shape index (κ1) is 18.8. The van der Waals surface area contributed by atoms with Crippen LogP contribution < -0.4 is 5.32 Å². The van der Waals surface area contributed by atoms with Gasteiger partial charge >= 0.3 is 18.2 Å². The average molecular weight is 337 g/mol. The van der Waals surface area contributed by atoms with Gasteiger partial charge in [0.25, 0.3) is 0 Å². The third kappa shape index (κ3) is 6.17. The van der Waals surface area contributed by atoms with Crippen LogP contribution in [-0.4, -0.2) is 40.2 Å². The first-order valence-corrected chi connectivity index (χ1v) is 6.72. The molecule has 1 N–H and O–H groups in total. The van der Waals surface area contributed by atoms with Crippen LogP contribution in [-0.2, 0) is 16.0 Å². The summed E-state index contributed by atoms with van der Waals surface area (Å²) in [5.74, 6) is -1.33. The molecular weight excluding hydrogens is 319 g/mol. The number of carbonyl (C=O) groups excluding carboxylic acids is 2. The molecule has 0 radical (unpaired) electrons. The van der Waals surface area contributed by atoms with E-state index in [0.717, 1.165) is 6.20 Å². The average Bonchev–Trinajstić information content (AvgIpc) is 2.68. The Bertz CT molecular complexity index is 576. The van der Waals surface area contributed by atoms with E-state index >= 15 is 0 Å². The van der Waals surface area contributed by atoms with Crippen molar-refractivity contribution in [1.29, 1.82) is 0 Å². The monoisotopic (exact) mass is 337 g/mol. The number of carbonyl (C=O) groups is 2. The smallest absolute Gasteiger partial charge is 0.413 e. The first-order valence-electron chi connectivity index (χ1n) is 6.72. The zero-order valence-corrected chi connectivity index (χ0v) is 13.2. The minimum absolute atomic E-state index is 0.0230. The maximum atomic E-state index is 12.6. The second-order valence-electron chi connectivity index (χ2n) is 5.53. The van der Waals surface area contributed by atoms with Gasteiger partial charge in [0.2, 0.25) is 0 Å². The van der Waals surface area contributed by atoms with Gasteiger partial charge in [-0.2, -0.15) is 18.3 Å². The molecule has 0 aromatic carbocycles. The number of aromatic nitrogens is 2. The van der Waals surface area contributed by atoms with Crippen molar-refractivity contribution in [2.45, 2.75) is 46.0 Å². The maximum absolute atomic E-state index is 12.6. The molecule has 130 valence electrons. The summed E-state index contributed by atoms with van der Waals surface area (Å²) in [6, 6.07) is 0. The predicted molar refractivity (Wildman–Crippen MR) is 74.1 cm³/mol. The molecule has 10 heteroatoms. The Labute approximate surface area is 130 Å². The largest absolute Gasteiger partial charge is 0.462 e. The maximum Gasteiger partial charge on any atom is 0.413 e. The molecule has 0 aliphatic rings. The van der Waals surface area contributed by atoms with E-state index in [-0.39, 0.29) is 12.2 Å². The number of anilines is 1. The van der Waals surface area contributed by atoms with E-state index in [1.54, 1.807) is 27.7 Å². The van der Waals surface area contributed by atoms with Crippen LogP contribution in [0.25, 0.3) is 0 Å². The van der Waals surface area contributed by atoms with E-state index in [4.69, 9.17) is 9.47 Å². The summed E-state index contributed by atoms with van der Waals surface area (Å²) in [7, 11) is 0. The Morgan fingerprint density at radius 2 is 1.91 bits per heavy atom. The number of hydrogen-bond acceptors (Lipinski definition) is 5. The van der Waals surface area contributed by atoms with Gasteiger partial charge in [0.05, 0.1) is 12.8 Å². The van der Waals surface area contributed by atoms with Crippen molar-refractivity contribution in [3.05, 3.63) is 11.8 Å². The van der Waals surface area contributed by atoms with Crippen LogP contribution in [0.15, 0.2) is 6.20 Å². The van der Waals surface area contributed by atoms with Gasteiger partial charge in [-0.15, -0.1) is 0 Å². The lowest BCUT2D eigenvalue weighted by Gasteiger charge is -2.20. The van der Waals surface area contributed by atoms with E-state index in [1.165, 1.54) is 0 Å². The van der Waals surface area contributed by atoms with Crippen LogP contribution in [0.1, 0.15) is 38.1 Å². The van der Waals surface area contributed by atoms with Crippen LogP contribution in [0.2, 0.25) is 0 Å². The molecule has 1 aromatic heterocycles. The van der Waals surface area contributed by atoms with Crippen LogP contribution in [0, 0.1) is 0 Å². The highest BCUT2D eigenvalue weighted by atomic mass is 19.4. The van der Waals surface area contributed by atoms with Crippen LogP contribution >= 0.6 is 0 Å². The molecule has 0 saturated heterocycles.